The number of ketones is 1. The maximum absolute atomic E-state index is 12.1. The number of nitriles is 1. The first-order chi connectivity index (χ1) is 10.2. The predicted octanol–water partition coefficient (Wildman–Crippen LogP) is 1.77. The van der Waals surface area contributed by atoms with Crippen LogP contribution >= 0.6 is 11.8 Å². The second-order valence-corrected chi connectivity index (χ2v) is 4.93. The van der Waals surface area contributed by atoms with Gasteiger partial charge in [-0.25, -0.2) is 4.79 Å². The number of carbonyl (C=O) groups is 1. The number of carbonyl (C=O) groups excluding carboxylic acids is 1. The fraction of sp³-hybridized carbons (Fsp3) is 0.143. The lowest BCUT2D eigenvalue weighted by Gasteiger charge is -2.03. The van der Waals surface area contributed by atoms with Crippen molar-refractivity contribution in [2.45, 2.75) is 0 Å². The lowest BCUT2D eigenvalue weighted by atomic mass is 10.1. The van der Waals surface area contributed by atoms with Gasteiger partial charge >= 0.3 is 5.63 Å². The van der Waals surface area contributed by atoms with Gasteiger partial charge in [-0.2, -0.15) is 5.26 Å². The van der Waals surface area contributed by atoms with E-state index in [1.165, 1.54) is 13.1 Å². The molecular formula is C14H11N3O3S. The van der Waals surface area contributed by atoms with Crippen molar-refractivity contribution >= 4 is 33.7 Å². The van der Waals surface area contributed by atoms with Gasteiger partial charge in [-0.3, -0.25) is 15.1 Å². The second kappa shape index (κ2) is 6.72. The number of para-hydroxylation sites is 1. The molecule has 0 aliphatic carbocycles. The van der Waals surface area contributed by atoms with Gasteiger partial charge < -0.3 is 4.42 Å². The summed E-state index contributed by atoms with van der Waals surface area (Å²) in [6, 6.07) is 8.49. The number of hydrogen-bond donors (Lipinski definition) is 1. The van der Waals surface area contributed by atoms with Crippen LogP contribution < -0.4 is 10.9 Å². The van der Waals surface area contributed by atoms with Crippen molar-refractivity contribution in [1.82, 2.24) is 5.32 Å². The molecule has 0 saturated heterocycles. The zero-order chi connectivity index (χ0) is 15.2. The third-order valence-electron chi connectivity index (χ3n) is 2.65. The van der Waals surface area contributed by atoms with Crippen LogP contribution in [0.5, 0.6) is 0 Å². The van der Waals surface area contributed by atoms with Gasteiger partial charge in [0.2, 0.25) is 0 Å². The third kappa shape index (κ3) is 3.49. The second-order valence-electron chi connectivity index (χ2n) is 3.96. The topological polar surface area (TPSA) is 95.5 Å². The van der Waals surface area contributed by atoms with Gasteiger partial charge in [0.1, 0.15) is 11.1 Å². The molecule has 106 valence electrons. The summed E-state index contributed by atoms with van der Waals surface area (Å²) in [7, 11) is 1.50. The highest BCUT2D eigenvalue weighted by atomic mass is 32.2. The molecule has 1 aromatic heterocycles. The zero-order valence-electron chi connectivity index (χ0n) is 11.1. The smallest absolute Gasteiger partial charge is 0.347 e. The molecule has 0 bridgehead atoms. The molecule has 0 atom stereocenters. The number of nitrogens with zero attached hydrogens (tertiary/aromatic N) is 2. The largest absolute Gasteiger partial charge is 0.422 e. The molecule has 1 aromatic carbocycles. The van der Waals surface area contributed by atoms with Crippen LogP contribution in [-0.4, -0.2) is 23.8 Å². The first kappa shape index (κ1) is 14.8. The van der Waals surface area contributed by atoms with E-state index in [4.69, 9.17) is 9.68 Å². The van der Waals surface area contributed by atoms with Crippen molar-refractivity contribution in [2.75, 3.05) is 12.8 Å². The summed E-state index contributed by atoms with van der Waals surface area (Å²) in [6.07, 6.45) is 1.72. The fourth-order valence-electron chi connectivity index (χ4n) is 1.67. The van der Waals surface area contributed by atoms with E-state index in [9.17, 15) is 9.59 Å². The number of aliphatic imine (C=N–C) groups is 1. The molecule has 2 aromatic rings. The summed E-state index contributed by atoms with van der Waals surface area (Å²) in [6.45, 7) is 0. The van der Waals surface area contributed by atoms with Crippen LogP contribution in [0.4, 0.5) is 0 Å². The highest BCUT2D eigenvalue weighted by molar-refractivity contribution is 8.14. The summed E-state index contributed by atoms with van der Waals surface area (Å²) in [4.78, 5) is 27.7. The van der Waals surface area contributed by atoms with Gasteiger partial charge in [0.25, 0.3) is 0 Å². The van der Waals surface area contributed by atoms with Gasteiger partial charge in [-0.05, 0) is 12.1 Å². The van der Waals surface area contributed by atoms with Gasteiger partial charge in [-0.1, -0.05) is 30.0 Å². The molecule has 2 rings (SSSR count). The van der Waals surface area contributed by atoms with Crippen molar-refractivity contribution < 1.29 is 9.21 Å². The van der Waals surface area contributed by atoms with Crippen LogP contribution in [0.25, 0.3) is 11.0 Å². The molecule has 0 aliphatic rings. The first-order valence-corrected chi connectivity index (χ1v) is 6.95. The van der Waals surface area contributed by atoms with Crippen LogP contribution in [0.2, 0.25) is 0 Å². The van der Waals surface area contributed by atoms with Crippen molar-refractivity contribution in [3.05, 3.63) is 46.3 Å². The third-order valence-corrected chi connectivity index (χ3v) is 3.61. The van der Waals surface area contributed by atoms with E-state index >= 15 is 0 Å². The van der Waals surface area contributed by atoms with Crippen LogP contribution in [0.3, 0.4) is 0 Å². The Labute approximate surface area is 124 Å². The number of fused-ring (bicyclic) bond motifs is 1. The summed E-state index contributed by atoms with van der Waals surface area (Å²) in [5.74, 6) is -0.384. The summed E-state index contributed by atoms with van der Waals surface area (Å²) < 4.78 is 5.11. The standard InChI is InChI=1S/C14H11N3O3S/c1-16-14(17-8-15)21-7-11(18)10-6-9-4-2-3-5-12(9)20-13(10)19/h2-6H,7H2,1H3,(H,16,17). The maximum Gasteiger partial charge on any atom is 0.347 e. The Morgan fingerprint density at radius 1 is 1.48 bits per heavy atom. The normalized spacial score (nSPS) is 11.1. The molecule has 0 aliphatic heterocycles. The molecular weight excluding hydrogens is 290 g/mol. The molecule has 0 spiro atoms. The molecule has 0 amide bonds. The number of rotatable bonds is 3. The molecule has 21 heavy (non-hydrogen) atoms. The number of amidine groups is 1. The number of nitrogens with one attached hydrogen (secondary N) is 1. The Hall–Kier alpha value is -2.59. The molecule has 7 heteroatoms. The Morgan fingerprint density at radius 2 is 2.24 bits per heavy atom. The minimum absolute atomic E-state index is 0.00592. The number of hydrogen-bond acceptors (Lipinski definition) is 6. The predicted molar refractivity (Wildman–Crippen MR) is 81.4 cm³/mol. The van der Waals surface area contributed by atoms with E-state index in [0.717, 1.165) is 11.8 Å². The number of benzene rings is 1. The minimum Gasteiger partial charge on any atom is -0.422 e. The summed E-state index contributed by atoms with van der Waals surface area (Å²) in [5.41, 5.74) is -0.232. The summed E-state index contributed by atoms with van der Waals surface area (Å²) in [5, 5.41) is 11.9. The van der Waals surface area contributed by atoms with Gasteiger partial charge in [-0.15, -0.1) is 0 Å². The lowest BCUT2D eigenvalue weighted by molar-refractivity contribution is 0.101. The van der Waals surface area contributed by atoms with Gasteiger partial charge in [0.15, 0.2) is 17.1 Å². The zero-order valence-corrected chi connectivity index (χ0v) is 11.9. The molecule has 0 radical (unpaired) electrons. The molecule has 0 saturated carbocycles. The number of Topliss-reactive ketones (excluding diaryl/α,β-unsaturated/α-hetero) is 1. The molecule has 1 N–H and O–H groups in total. The van der Waals surface area contributed by atoms with Crippen molar-refractivity contribution in [2.24, 2.45) is 4.99 Å². The Bertz CT molecular complexity index is 805. The van der Waals surface area contributed by atoms with Gasteiger partial charge in [0, 0.05) is 12.4 Å². The molecule has 0 unspecified atom stereocenters. The van der Waals surface area contributed by atoms with Crippen molar-refractivity contribution in [3.8, 4) is 6.19 Å². The van der Waals surface area contributed by atoms with Crippen molar-refractivity contribution in [1.29, 1.82) is 5.26 Å². The fourth-order valence-corrected chi connectivity index (χ4v) is 2.34. The van der Waals surface area contributed by atoms with E-state index in [1.54, 1.807) is 30.5 Å². The van der Waals surface area contributed by atoms with Crippen LogP contribution in [0, 0.1) is 11.5 Å². The monoisotopic (exact) mass is 301 g/mol. The van der Waals surface area contributed by atoms with Crippen LogP contribution in [0.15, 0.2) is 44.5 Å². The summed E-state index contributed by atoms with van der Waals surface area (Å²) >= 11 is 1.05. The highest BCUT2D eigenvalue weighted by Crippen LogP contribution is 2.14. The molecule has 6 nitrogen and oxygen atoms in total. The van der Waals surface area contributed by atoms with E-state index in [1.807, 2.05) is 0 Å². The van der Waals surface area contributed by atoms with E-state index < -0.39 is 5.63 Å². The lowest BCUT2D eigenvalue weighted by Crippen LogP contribution is -2.19. The average molecular weight is 301 g/mol. The molecule has 0 fully saturated rings. The van der Waals surface area contributed by atoms with Crippen LogP contribution in [0.1, 0.15) is 10.4 Å². The van der Waals surface area contributed by atoms with E-state index in [0.29, 0.717) is 16.1 Å². The van der Waals surface area contributed by atoms with E-state index in [2.05, 4.69) is 10.3 Å². The SMILES string of the molecule is CN=C(NC#N)SCC(=O)c1cc2ccccc2oc1=O. The Morgan fingerprint density at radius 3 is 2.95 bits per heavy atom. The molecule has 1 heterocycles. The minimum atomic E-state index is -0.664. The number of thioether (sulfide) groups is 1. The van der Waals surface area contributed by atoms with Crippen molar-refractivity contribution in [3.63, 3.8) is 0 Å². The first-order valence-electron chi connectivity index (χ1n) is 5.96. The van der Waals surface area contributed by atoms with E-state index in [-0.39, 0.29) is 17.1 Å². The maximum atomic E-state index is 12.1. The Balaban J connectivity index is 2.22. The van der Waals surface area contributed by atoms with Gasteiger partial charge in [0.05, 0.1) is 5.75 Å². The highest BCUT2D eigenvalue weighted by Gasteiger charge is 2.14. The quantitative estimate of drug-likeness (QED) is 0.232. The van der Waals surface area contributed by atoms with Crippen LogP contribution in [-0.2, 0) is 0 Å². The average Bonchev–Trinajstić information content (AvgIpc) is 2.50. The Kier molecular flexibility index (Phi) is 4.74.